The third-order valence-corrected chi connectivity index (χ3v) is 4.50. The van der Waals surface area contributed by atoms with Crippen LogP contribution in [-0.4, -0.2) is 22.1 Å². The quantitative estimate of drug-likeness (QED) is 0.945. The van der Waals surface area contributed by atoms with E-state index in [-0.39, 0.29) is 6.04 Å². The van der Waals surface area contributed by atoms with E-state index in [4.69, 9.17) is 17.3 Å². The lowest BCUT2D eigenvalue weighted by Crippen LogP contribution is -2.33. The summed E-state index contributed by atoms with van der Waals surface area (Å²) in [5.74, 6) is 1.11. The highest BCUT2D eigenvalue weighted by atomic mass is 35.5. The maximum Gasteiger partial charge on any atom is 0.128 e. The van der Waals surface area contributed by atoms with Crippen LogP contribution in [-0.2, 0) is 19.5 Å². The molecular formula is C16H21ClN4. The van der Waals surface area contributed by atoms with Crippen molar-refractivity contribution in [3.05, 3.63) is 47.0 Å². The fourth-order valence-electron chi connectivity index (χ4n) is 2.72. The van der Waals surface area contributed by atoms with Crippen molar-refractivity contribution in [3.63, 3.8) is 0 Å². The Bertz CT molecular complexity index is 622. The first kappa shape index (κ1) is 14.4. The van der Waals surface area contributed by atoms with E-state index in [1.165, 1.54) is 0 Å². The molecule has 0 fully saturated rings. The normalized spacial score (nSPS) is 15.9. The van der Waals surface area contributed by atoms with Gasteiger partial charge in [0.2, 0.25) is 0 Å². The lowest BCUT2D eigenvalue weighted by Gasteiger charge is -2.30. The van der Waals surface area contributed by atoms with Gasteiger partial charge in [-0.25, -0.2) is 4.98 Å². The average Bonchev–Trinajstić information content (AvgIpc) is 2.96. The molecule has 1 aromatic carbocycles. The van der Waals surface area contributed by atoms with Crippen LogP contribution in [0, 0.1) is 0 Å². The highest BCUT2D eigenvalue weighted by Gasteiger charge is 2.17. The standard InChI is InChI=1S/C16H21ClN4/c1-2-13(18)9-12-3-4-14(10-15(12)17)21-8-7-20-6-5-19-16(20)11-21/h3-6,10,13H,2,7-9,11,18H2,1H3. The maximum atomic E-state index is 6.43. The summed E-state index contributed by atoms with van der Waals surface area (Å²) in [6.07, 6.45) is 5.70. The van der Waals surface area contributed by atoms with Crippen LogP contribution in [0.4, 0.5) is 5.69 Å². The Kier molecular flexibility index (Phi) is 4.17. The molecule has 5 heteroatoms. The molecule has 2 aromatic rings. The van der Waals surface area contributed by atoms with Crippen LogP contribution in [0.25, 0.3) is 0 Å². The van der Waals surface area contributed by atoms with E-state index in [2.05, 4.69) is 39.6 Å². The minimum absolute atomic E-state index is 0.177. The Morgan fingerprint density at radius 3 is 3.00 bits per heavy atom. The summed E-state index contributed by atoms with van der Waals surface area (Å²) >= 11 is 6.43. The summed E-state index contributed by atoms with van der Waals surface area (Å²) < 4.78 is 2.20. The van der Waals surface area contributed by atoms with E-state index in [0.717, 1.165) is 54.6 Å². The first-order valence-corrected chi connectivity index (χ1v) is 7.84. The third kappa shape index (κ3) is 3.06. The van der Waals surface area contributed by atoms with Gasteiger partial charge in [0.25, 0.3) is 0 Å². The summed E-state index contributed by atoms with van der Waals surface area (Å²) in [6.45, 7) is 4.88. The van der Waals surface area contributed by atoms with Gasteiger partial charge in [-0.1, -0.05) is 24.6 Å². The predicted molar refractivity (Wildman–Crippen MR) is 86.7 cm³/mol. The Morgan fingerprint density at radius 1 is 1.38 bits per heavy atom. The van der Waals surface area contributed by atoms with Crippen LogP contribution in [0.5, 0.6) is 0 Å². The number of anilines is 1. The molecule has 1 unspecified atom stereocenters. The van der Waals surface area contributed by atoms with Crippen molar-refractivity contribution in [2.75, 3.05) is 11.4 Å². The predicted octanol–water partition coefficient (Wildman–Crippen LogP) is 2.84. The van der Waals surface area contributed by atoms with Gasteiger partial charge in [0.1, 0.15) is 5.82 Å². The molecule has 0 aliphatic carbocycles. The smallest absolute Gasteiger partial charge is 0.128 e. The van der Waals surface area contributed by atoms with Crippen LogP contribution in [0.15, 0.2) is 30.6 Å². The molecule has 2 N–H and O–H groups in total. The molecule has 0 saturated carbocycles. The number of nitrogens with two attached hydrogens (primary N) is 1. The summed E-state index contributed by atoms with van der Waals surface area (Å²) in [4.78, 5) is 6.71. The van der Waals surface area contributed by atoms with Gasteiger partial charge < -0.3 is 15.2 Å². The molecule has 2 heterocycles. The van der Waals surface area contributed by atoms with Gasteiger partial charge in [-0.15, -0.1) is 0 Å². The zero-order valence-electron chi connectivity index (χ0n) is 12.3. The van der Waals surface area contributed by atoms with Crippen LogP contribution >= 0.6 is 11.6 Å². The van der Waals surface area contributed by atoms with E-state index in [0.29, 0.717) is 0 Å². The number of hydrogen-bond donors (Lipinski definition) is 1. The van der Waals surface area contributed by atoms with Gasteiger partial charge in [0.05, 0.1) is 6.54 Å². The summed E-state index contributed by atoms with van der Waals surface area (Å²) in [5.41, 5.74) is 8.30. The number of imidazole rings is 1. The van der Waals surface area contributed by atoms with Gasteiger partial charge in [-0.05, 0) is 30.5 Å². The molecule has 21 heavy (non-hydrogen) atoms. The Labute approximate surface area is 130 Å². The van der Waals surface area contributed by atoms with Crippen molar-refractivity contribution >= 4 is 17.3 Å². The van der Waals surface area contributed by atoms with Crippen LogP contribution in [0.2, 0.25) is 5.02 Å². The molecule has 1 aromatic heterocycles. The van der Waals surface area contributed by atoms with Gasteiger partial charge in [0, 0.05) is 42.2 Å². The van der Waals surface area contributed by atoms with E-state index in [9.17, 15) is 0 Å². The molecule has 0 radical (unpaired) electrons. The molecule has 4 nitrogen and oxygen atoms in total. The molecule has 0 saturated heterocycles. The Morgan fingerprint density at radius 2 is 2.24 bits per heavy atom. The summed E-state index contributed by atoms with van der Waals surface area (Å²) in [7, 11) is 0. The molecule has 1 aliphatic rings. The van der Waals surface area contributed by atoms with Crippen molar-refractivity contribution in [1.82, 2.24) is 9.55 Å². The number of nitrogens with zero attached hydrogens (tertiary/aromatic N) is 3. The molecule has 0 amide bonds. The number of benzene rings is 1. The third-order valence-electron chi connectivity index (χ3n) is 4.15. The van der Waals surface area contributed by atoms with Crippen molar-refractivity contribution in [1.29, 1.82) is 0 Å². The Balaban J connectivity index is 1.77. The number of halogens is 1. The Hall–Kier alpha value is -1.52. The van der Waals surface area contributed by atoms with Crippen molar-refractivity contribution in [3.8, 4) is 0 Å². The fourth-order valence-corrected chi connectivity index (χ4v) is 2.97. The second-order valence-corrected chi connectivity index (χ2v) is 6.01. The number of aromatic nitrogens is 2. The van der Waals surface area contributed by atoms with Crippen LogP contribution < -0.4 is 10.6 Å². The van der Waals surface area contributed by atoms with E-state index in [1.54, 1.807) is 0 Å². The number of rotatable bonds is 4. The minimum Gasteiger partial charge on any atom is -0.362 e. The zero-order valence-corrected chi connectivity index (χ0v) is 13.1. The molecule has 0 bridgehead atoms. The molecule has 112 valence electrons. The van der Waals surface area contributed by atoms with Crippen molar-refractivity contribution < 1.29 is 0 Å². The highest BCUT2D eigenvalue weighted by Crippen LogP contribution is 2.27. The zero-order chi connectivity index (χ0) is 14.8. The molecule has 1 atom stereocenters. The van der Waals surface area contributed by atoms with Crippen molar-refractivity contribution in [2.45, 2.75) is 38.9 Å². The first-order valence-electron chi connectivity index (χ1n) is 7.46. The number of hydrogen-bond acceptors (Lipinski definition) is 3. The van der Waals surface area contributed by atoms with E-state index >= 15 is 0 Å². The van der Waals surface area contributed by atoms with Crippen molar-refractivity contribution in [2.24, 2.45) is 5.73 Å². The minimum atomic E-state index is 0.177. The SMILES string of the molecule is CCC(N)Cc1ccc(N2CCn3ccnc3C2)cc1Cl. The molecule has 3 rings (SSSR count). The lowest BCUT2D eigenvalue weighted by molar-refractivity contribution is 0.560. The first-order chi connectivity index (χ1) is 10.2. The topological polar surface area (TPSA) is 47.1 Å². The van der Waals surface area contributed by atoms with E-state index in [1.807, 2.05) is 12.4 Å². The highest BCUT2D eigenvalue weighted by molar-refractivity contribution is 6.31. The lowest BCUT2D eigenvalue weighted by atomic mass is 10.0. The molecule has 0 spiro atoms. The monoisotopic (exact) mass is 304 g/mol. The van der Waals surface area contributed by atoms with Gasteiger partial charge in [-0.3, -0.25) is 0 Å². The van der Waals surface area contributed by atoms with Crippen LogP contribution in [0.3, 0.4) is 0 Å². The van der Waals surface area contributed by atoms with Crippen LogP contribution in [0.1, 0.15) is 24.7 Å². The fraction of sp³-hybridized carbons (Fsp3) is 0.438. The van der Waals surface area contributed by atoms with Gasteiger partial charge in [-0.2, -0.15) is 0 Å². The summed E-state index contributed by atoms with van der Waals surface area (Å²) in [5, 5.41) is 0.810. The second-order valence-electron chi connectivity index (χ2n) is 5.61. The second kappa shape index (κ2) is 6.08. The molecule has 1 aliphatic heterocycles. The summed E-state index contributed by atoms with van der Waals surface area (Å²) in [6, 6.07) is 6.48. The largest absolute Gasteiger partial charge is 0.362 e. The van der Waals surface area contributed by atoms with Gasteiger partial charge in [0.15, 0.2) is 0 Å². The maximum absolute atomic E-state index is 6.43. The average molecular weight is 305 g/mol. The van der Waals surface area contributed by atoms with E-state index < -0.39 is 0 Å². The van der Waals surface area contributed by atoms with Gasteiger partial charge >= 0.3 is 0 Å². The molecular weight excluding hydrogens is 284 g/mol. The number of fused-ring (bicyclic) bond motifs is 1.